The Hall–Kier alpha value is -4.59. The monoisotopic (exact) mass is 425 g/mol. The van der Waals surface area contributed by atoms with E-state index in [1.165, 1.54) is 30.5 Å². The van der Waals surface area contributed by atoms with Gasteiger partial charge in [0.2, 0.25) is 0 Å². The second-order valence-corrected chi connectivity index (χ2v) is 7.09. The summed E-state index contributed by atoms with van der Waals surface area (Å²) in [5, 5.41) is 19.6. The van der Waals surface area contributed by atoms with Gasteiger partial charge in [-0.05, 0) is 37.3 Å². The second-order valence-electron chi connectivity index (χ2n) is 7.09. The van der Waals surface area contributed by atoms with Crippen LogP contribution in [0.1, 0.15) is 21.5 Å². The third-order valence-corrected chi connectivity index (χ3v) is 4.76. The highest BCUT2D eigenvalue weighted by molar-refractivity contribution is 5.95. The van der Waals surface area contributed by atoms with Crippen molar-refractivity contribution < 1.29 is 9.72 Å². The smallest absolute Gasteiger partial charge is 0.267 e. The van der Waals surface area contributed by atoms with Crippen LogP contribution in [0.4, 0.5) is 5.69 Å². The van der Waals surface area contributed by atoms with Crippen molar-refractivity contribution in [2.45, 2.75) is 6.92 Å². The van der Waals surface area contributed by atoms with E-state index in [4.69, 9.17) is 5.10 Å². The molecular formula is C24H19N5O3. The van der Waals surface area contributed by atoms with Crippen LogP contribution in [0, 0.1) is 17.0 Å². The van der Waals surface area contributed by atoms with E-state index < -0.39 is 10.8 Å². The summed E-state index contributed by atoms with van der Waals surface area (Å²) in [7, 11) is 0. The van der Waals surface area contributed by atoms with Gasteiger partial charge < -0.3 is 0 Å². The zero-order chi connectivity index (χ0) is 22.5. The molecule has 0 aliphatic heterocycles. The van der Waals surface area contributed by atoms with Crippen molar-refractivity contribution in [3.63, 3.8) is 0 Å². The van der Waals surface area contributed by atoms with E-state index in [1.807, 2.05) is 67.7 Å². The molecule has 8 heteroatoms. The van der Waals surface area contributed by atoms with Gasteiger partial charge in [-0.3, -0.25) is 14.9 Å². The van der Waals surface area contributed by atoms with E-state index in [1.54, 1.807) is 4.68 Å². The van der Waals surface area contributed by atoms with Crippen LogP contribution in [0.25, 0.3) is 16.9 Å². The number of hydrazone groups is 1. The lowest BCUT2D eigenvalue weighted by atomic mass is 10.1. The van der Waals surface area contributed by atoms with Crippen LogP contribution in [0.3, 0.4) is 0 Å². The molecule has 0 aliphatic rings. The predicted octanol–water partition coefficient (Wildman–Crippen LogP) is 4.52. The zero-order valence-corrected chi connectivity index (χ0v) is 17.2. The Morgan fingerprint density at radius 2 is 1.81 bits per heavy atom. The number of nitro groups is 1. The fourth-order valence-electron chi connectivity index (χ4n) is 3.17. The molecule has 0 atom stereocenters. The van der Waals surface area contributed by atoms with Crippen molar-refractivity contribution in [2.24, 2.45) is 5.10 Å². The van der Waals surface area contributed by atoms with E-state index >= 15 is 0 Å². The Morgan fingerprint density at radius 3 is 2.50 bits per heavy atom. The molecule has 4 aromatic rings. The number of nitro benzene ring substituents is 1. The fourth-order valence-corrected chi connectivity index (χ4v) is 3.17. The minimum atomic E-state index is -0.517. The van der Waals surface area contributed by atoms with Crippen LogP contribution >= 0.6 is 0 Å². The third-order valence-electron chi connectivity index (χ3n) is 4.76. The summed E-state index contributed by atoms with van der Waals surface area (Å²) in [6.07, 6.45) is 3.38. The van der Waals surface area contributed by atoms with Crippen molar-refractivity contribution in [2.75, 3.05) is 0 Å². The number of para-hydroxylation sites is 1. The first-order valence-electron chi connectivity index (χ1n) is 9.81. The van der Waals surface area contributed by atoms with Crippen molar-refractivity contribution in [1.82, 2.24) is 15.2 Å². The van der Waals surface area contributed by atoms with Crippen LogP contribution in [-0.2, 0) is 0 Å². The molecule has 0 unspecified atom stereocenters. The number of carbonyl (C=O) groups excluding carboxylic acids is 1. The Labute approximate surface area is 184 Å². The number of carbonyl (C=O) groups is 1. The lowest BCUT2D eigenvalue weighted by Gasteiger charge is -2.02. The molecule has 0 bridgehead atoms. The minimum absolute atomic E-state index is 0.0822. The van der Waals surface area contributed by atoms with Gasteiger partial charge in [0.15, 0.2) is 0 Å². The maximum Gasteiger partial charge on any atom is 0.271 e. The molecule has 1 amide bonds. The normalized spacial score (nSPS) is 10.9. The number of aryl methyl sites for hydroxylation is 1. The van der Waals surface area contributed by atoms with Gasteiger partial charge in [0, 0.05) is 35.0 Å². The van der Waals surface area contributed by atoms with Gasteiger partial charge >= 0.3 is 0 Å². The van der Waals surface area contributed by atoms with E-state index in [0.717, 1.165) is 28.1 Å². The molecule has 1 N–H and O–H groups in total. The highest BCUT2D eigenvalue weighted by Crippen LogP contribution is 2.23. The summed E-state index contributed by atoms with van der Waals surface area (Å²) in [5.74, 6) is -0.469. The number of rotatable bonds is 6. The molecule has 0 aliphatic carbocycles. The average molecular weight is 425 g/mol. The fraction of sp³-hybridized carbons (Fsp3) is 0.0417. The molecule has 158 valence electrons. The molecular weight excluding hydrogens is 406 g/mol. The molecule has 0 radical (unpaired) electrons. The number of aromatic nitrogens is 2. The minimum Gasteiger partial charge on any atom is -0.267 e. The first-order valence-corrected chi connectivity index (χ1v) is 9.81. The van der Waals surface area contributed by atoms with Crippen molar-refractivity contribution >= 4 is 17.8 Å². The Kier molecular flexibility index (Phi) is 5.85. The number of non-ortho nitro benzene ring substituents is 1. The second kappa shape index (κ2) is 9.05. The van der Waals surface area contributed by atoms with Gasteiger partial charge in [-0.25, -0.2) is 10.1 Å². The molecule has 0 saturated carbocycles. The van der Waals surface area contributed by atoms with Gasteiger partial charge in [-0.2, -0.15) is 10.2 Å². The van der Waals surface area contributed by atoms with Crippen LogP contribution in [0.15, 0.2) is 90.2 Å². The standard InChI is InChI=1S/C24H19N5O3/c1-17-6-5-7-19(14-17)23-20(16-28(27-23)21-8-3-2-4-9-21)15-25-26-24(30)18-10-12-22(13-11-18)29(31)32/h2-16H,1H3,(H,26,30)/b25-15+. The van der Waals surface area contributed by atoms with E-state index in [-0.39, 0.29) is 11.3 Å². The van der Waals surface area contributed by atoms with Crippen molar-refractivity contribution in [3.8, 4) is 16.9 Å². The molecule has 0 fully saturated rings. The number of hydrogen-bond donors (Lipinski definition) is 1. The first-order chi connectivity index (χ1) is 15.5. The molecule has 32 heavy (non-hydrogen) atoms. The summed E-state index contributed by atoms with van der Waals surface area (Å²) in [6.45, 7) is 2.01. The van der Waals surface area contributed by atoms with Gasteiger partial charge in [0.25, 0.3) is 11.6 Å². The third kappa shape index (κ3) is 4.59. The average Bonchev–Trinajstić information content (AvgIpc) is 3.24. The van der Waals surface area contributed by atoms with Gasteiger partial charge in [-0.1, -0.05) is 42.0 Å². The van der Waals surface area contributed by atoms with Gasteiger partial charge in [0.1, 0.15) is 5.69 Å². The highest BCUT2D eigenvalue weighted by Gasteiger charge is 2.12. The van der Waals surface area contributed by atoms with E-state index in [0.29, 0.717) is 0 Å². The van der Waals surface area contributed by atoms with Crippen LogP contribution in [0.5, 0.6) is 0 Å². The van der Waals surface area contributed by atoms with Crippen LogP contribution < -0.4 is 5.43 Å². The van der Waals surface area contributed by atoms with Crippen LogP contribution in [0.2, 0.25) is 0 Å². The maximum atomic E-state index is 12.3. The maximum absolute atomic E-state index is 12.3. The number of nitrogens with one attached hydrogen (secondary N) is 1. The molecule has 3 aromatic carbocycles. The molecule has 1 aromatic heterocycles. The largest absolute Gasteiger partial charge is 0.271 e. The summed E-state index contributed by atoms with van der Waals surface area (Å²) >= 11 is 0. The number of amides is 1. The predicted molar refractivity (Wildman–Crippen MR) is 122 cm³/mol. The van der Waals surface area contributed by atoms with Gasteiger partial charge in [-0.15, -0.1) is 0 Å². The summed E-state index contributed by atoms with van der Waals surface area (Å²) in [6, 6.07) is 23.0. The molecule has 4 rings (SSSR count). The Morgan fingerprint density at radius 1 is 1.06 bits per heavy atom. The Balaban J connectivity index is 1.60. The van der Waals surface area contributed by atoms with E-state index in [9.17, 15) is 14.9 Å². The first kappa shape index (κ1) is 20.7. The van der Waals surface area contributed by atoms with Crippen LogP contribution in [-0.4, -0.2) is 26.8 Å². The number of nitrogens with zero attached hydrogens (tertiary/aromatic N) is 4. The van der Waals surface area contributed by atoms with E-state index in [2.05, 4.69) is 10.5 Å². The molecule has 1 heterocycles. The lowest BCUT2D eigenvalue weighted by molar-refractivity contribution is -0.384. The highest BCUT2D eigenvalue weighted by atomic mass is 16.6. The van der Waals surface area contributed by atoms with Crippen molar-refractivity contribution in [1.29, 1.82) is 0 Å². The zero-order valence-electron chi connectivity index (χ0n) is 17.2. The lowest BCUT2D eigenvalue weighted by Crippen LogP contribution is -2.17. The molecule has 8 nitrogen and oxygen atoms in total. The Bertz CT molecular complexity index is 1290. The topological polar surface area (TPSA) is 102 Å². The van der Waals surface area contributed by atoms with Gasteiger partial charge in [0.05, 0.1) is 16.8 Å². The summed E-state index contributed by atoms with van der Waals surface area (Å²) < 4.78 is 1.76. The molecule has 0 spiro atoms. The summed E-state index contributed by atoms with van der Waals surface area (Å²) in [4.78, 5) is 22.6. The van der Waals surface area contributed by atoms with Crippen molar-refractivity contribution in [3.05, 3.63) is 112 Å². The number of benzene rings is 3. The quantitative estimate of drug-likeness (QED) is 0.279. The SMILES string of the molecule is Cc1cccc(-c2nn(-c3ccccc3)cc2/C=N/NC(=O)c2ccc([N+](=O)[O-])cc2)c1. The molecule has 0 saturated heterocycles. The number of hydrogen-bond acceptors (Lipinski definition) is 5. The summed E-state index contributed by atoms with van der Waals surface area (Å²) in [5.41, 5.74) is 7.03.